The van der Waals surface area contributed by atoms with Gasteiger partial charge in [-0.25, -0.2) is 0 Å². The van der Waals surface area contributed by atoms with Crippen molar-refractivity contribution >= 4 is 29.5 Å². The Hall–Kier alpha value is -3.25. The molecule has 1 aromatic carbocycles. The van der Waals surface area contributed by atoms with Crippen LogP contribution < -0.4 is 11.1 Å². The van der Waals surface area contributed by atoms with E-state index in [1.54, 1.807) is 36.3 Å². The monoisotopic (exact) mass is 467 g/mol. The number of ether oxygens (including phenoxy) is 1. The summed E-state index contributed by atoms with van der Waals surface area (Å²) in [4.78, 5) is 15.4. The normalized spacial score (nSPS) is 10.6. The van der Waals surface area contributed by atoms with Gasteiger partial charge < -0.3 is 15.8 Å². The average Bonchev–Trinajstić information content (AvgIpc) is 2.83. The Kier molecular flexibility index (Phi) is 18.6. The molecule has 1 amide bonds. The zero-order valence-electron chi connectivity index (χ0n) is 20.2. The molecule has 2 aromatic rings. The number of nitrogens with two attached hydrogens (primary N) is 1. The third-order valence-electron chi connectivity index (χ3n) is 3.88. The van der Waals surface area contributed by atoms with E-state index >= 15 is 0 Å². The topological polar surface area (TPSA) is 77.2 Å². The summed E-state index contributed by atoms with van der Waals surface area (Å²) in [5.41, 5.74) is 8.49. The minimum atomic E-state index is 0.672. The molecule has 0 fully saturated rings. The van der Waals surface area contributed by atoms with Gasteiger partial charge in [0.25, 0.3) is 0 Å². The molecule has 0 spiro atoms. The van der Waals surface area contributed by atoms with Crippen molar-refractivity contribution in [2.24, 2.45) is 0 Å². The summed E-state index contributed by atoms with van der Waals surface area (Å²) in [6, 6.07) is 9.49. The van der Waals surface area contributed by atoms with Crippen LogP contribution in [-0.2, 0) is 15.3 Å². The van der Waals surface area contributed by atoms with Crippen LogP contribution in [0.4, 0.5) is 11.4 Å². The molecule has 178 valence electrons. The molecule has 0 radical (unpaired) electrons. The summed E-state index contributed by atoms with van der Waals surface area (Å²) in [7, 11) is 0. The number of thioether (sulfide) groups is 1. The lowest BCUT2D eigenvalue weighted by Crippen LogP contribution is -1.94. The Morgan fingerprint density at radius 3 is 2.55 bits per heavy atom. The summed E-state index contributed by atoms with van der Waals surface area (Å²) in [6.45, 7) is 12.3. The first kappa shape index (κ1) is 29.8. The van der Waals surface area contributed by atoms with E-state index in [1.165, 1.54) is 0 Å². The van der Waals surface area contributed by atoms with E-state index in [2.05, 4.69) is 23.0 Å². The SMILES string of the molecule is C/C=C\C.C=C/C=C(/C/C=C\C)OCC.Nc1ccncc1SCc1cccc(NC=O)c1. The van der Waals surface area contributed by atoms with Crippen molar-refractivity contribution in [3.8, 4) is 0 Å². The van der Waals surface area contributed by atoms with Gasteiger partial charge in [-0.1, -0.05) is 49.1 Å². The van der Waals surface area contributed by atoms with Crippen LogP contribution in [0.5, 0.6) is 0 Å². The maximum absolute atomic E-state index is 10.4. The van der Waals surface area contributed by atoms with Gasteiger partial charge in [0.1, 0.15) is 0 Å². The van der Waals surface area contributed by atoms with Crippen LogP contribution in [0.25, 0.3) is 0 Å². The van der Waals surface area contributed by atoms with Crippen LogP contribution in [0.1, 0.15) is 39.7 Å². The number of hydrogen-bond acceptors (Lipinski definition) is 5. The van der Waals surface area contributed by atoms with Crippen molar-refractivity contribution < 1.29 is 9.53 Å². The number of nitrogen functional groups attached to an aromatic ring is 1. The van der Waals surface area contributed by atoms with Gasteiger partial charge in [0.2, 0.25) is 6.41 Å². The number of pyridine rings is 1. The Morgan fingerprint density at radius 1 is 1.21 bits per heavy atom. The largest absolute Gasteiger partial charge is 0.498 e. The number of benzene rings is 1. The third-order valence-corrected chi connectivity index (χ3v) is 5.01. The first-order valence-corrected chi connectivity index (χ1v) is 11.8. The quantitative estimate of drug-likeness (QED) is 0.127. The van der Waals surface area contributed by atoms with Crippen molar-refractivity contribution in [3.63, 3.8) is 0 Å². The number of aromatic nitrogens is 1. The number of hydrogen-bond donors (Lipinski definition) is 2. The Labute approximate surface area is 203 Å². The lowest BCUT2D eigenvalue weighted by atomic mass is 10.2. The molecule has 5 nitrogen and oxygen atoms in total. The first-order chi connectivity index (χ1) is 16.1. The molecule has 0 aliphatic heterocycles. The molecule has 0 atom stereocenters. The molecular formula is C27H37N3O2S. The first-order valence-electron chi connectivity index (χ1n) is 10.8. The van der Waals surface area contributed by atoms with Gasteiger partial charge in [-0.2, -0.15) is 0 Å². The fourth-order valence-electron chi connectivity index (χ4n) is 2.22. The van der Waals surface area contributed by atoms with Crippen molar-refractivity contribution in [1.29, 1.82) is 0 Å². The lowest BCUT2D eigenvalue weighted by molar-refractivity contribution is -0.105. The fraction of sp³-hybridized carbons (Fsp3) is 0.259. The highest BCUT2D eigenvalue weighted by Crippen LogP contribution is 2.27. The minimum absolute atomic E-state index is 0.672. The summed E-state index contributed by atoms with van der Waals surface area (Å²) in [5, 5.41) is 2.63. The molecule has 1 aromatic heterocycles. The molecule has 2 rings (SSSR count). The maximum atomic E-state index is 10.4. The van der Waals surface area contributed by atoms with Gasteiger partial charge in [-0.15, -0.1) is 11.8 Å². The van der Waals surface area contributed by atoms with Crippen molar-refractivity contribution in [3.05, 3.63) is 97.1 Å². The number of carbonyl (C=O) groups is 1. The molecule has 0 bridgehead atoms. The second kappa shape index (κ2) is 20.6. The van der Waals surface area contributed by atoms with Gasteiger partial charge in [0, 0.05) is 40.8 Å². The molecule has 33 heavy (non-hydrogen) atoms. The fourth-order valence-corrected chi connectivity index (χ4v) is 3.09. The second-order valence-electron chi connectivity index (χ2n) is 6.41. The molecule has 0 unspecified atom stereocenters. The van der Waals surface area contributed by atoms with Gasteiger partial charge in [0.15, 0.2) is 0 Å². The number of anilines is 2. The number of nitrogens with zero attached hydrogens (tertiary/aromatic N) is 1. The van der Waals surface area contributed by atoms with Crippen molar-refractivity contribution in [2.45, 2.75) is 44.8 Å². The van der Waals surface area contributed by atoms with Gasteiger partial charge in [0.05, 0.1) is 12.4 Å². The number of allylic oxidation sites excluding steroid dienone is 6. The molecule has 0 saturated heterocycles. The molecule has 0 saturated carbocycles. The van der Waals surface area contributed by atoms with Gasteiger partial charge >= 0.3 is 0 Å². The van der Waals surface area contributed by atoms with Crippen LogP contribution in [0.3, 0.4) is 0 Å². The van der Waals surface area contributed by atoms with Crippen molar-refractivity contribution in [2.75, 3.05) is 17.7 Å². The number of rotatable bonds is 10. The maximum Gasteiger partial charge on any atom is 0.211 e. The molecule has 0 aliphatic rings. The number of nitrogens with one attached hydrogen (secondary N) is 1. The molecule has 0 aliphatic carbocycles. The highest BCUT2D eigenvalue weighted by molar-refractivity contribution is 7.98. The van der Waals surface area contributed by atoms with Crippen LogP contribution in [0, 0.1) is 0 Å². The zero-order valence-corrected chi connectivity index (χ0v) is 21.0. The zero-order chi connectivity index (χ0) is 24.7. The van der Waals surface area contributed by atoms with Crippen LogP contribution >= 0.6 is 11.8 Å². The van der Waals surface area contributed by atoms with Gasteiger partial charge in [-0.3, -0.25) is 9.78 Å². The van der Waals surface area contributed by atoms with E-state index < -0.39 is 0 Å². The van der Waals surface area contributed by atoms with Crippen LogP contribution in [-0.4, -0.2) is 18.0 Å². The van der Waals surface area contributed by atoms with Gasteiger partial charge in [-0.05, 0) is 57.5 Å². The Bertz CT molecular complexity index is 888. The predicted molar refractivity (Wildman–Crippen MR) is 144 cm³/mol. The molecule has 6 heteroatoms. The summed E-state index contributed by atoms with van der Waals surface area (Å²) < 4.78 is 5.32. The third kappa shape index (κ3) is 15.2. The molecular weight excluding hydrogens is 430 g/mol. The van der Waals surface area contributed by atoms with E-state index in [0.717, 1.165) is 46.4 Å². The lowest BCUT2D eigenvalue weighted by Gasteiger charge is -2.06. The number of amides is 1. The van der Waals surface area contributed by atoms with E-state index in [1.807, 2.05) is 76.3 Å². The second-order valence-corrected chi connectivity index (χ2v) is 7.42. The van der Waals surface area contributed by atoms with Crippen LogP contribution in [0.2, 0.25) is 0 Å². The Morgan fingerprint density at radius 2 is 1.97 bits per heavy atom. The highest BCUT2D eigenvalue weighted by Gasteiger charge is 2.01. The van der Waals surface area contributed by atoms with E-state index in [9.17, 15) is 4.79 Å². The average molecular weight is 468 g/mol. The van der Waals surface area contributed by atoms with Crippen LogP contribution in [0.15, 0.2) is 96.4 Å². The smallest absolute Gasteiger partial charge is 0.211 e. The molecule has 3 N–H and O–H groups in total. The minimum Gasteiger partial charge on any atom is -0.498 e. The van der Waals surface area contributed by atoms with E-state index in [0.29, 0.717) is 6.41 Å². The Balaban J connectivity index is 0.000000584. The van der Waals surface area contributed by atoms with E-state index in [-0.39, 0.29) is 0 Å². The highest BCUT2D eigenvalue weighted by atomic mass is 32.2. The van der Waals surface area contributed by atoms with E-state index in [4.69, 9.17) is 10.5 Å². The number of carbonyl (C=O) groups excluding carboxylic acids is 1. The standard InChI is InChI=1S/C13H13N3OS.C10H16O.C4H8/c14-12-4-5-15-7-13(12)18-8-10-2-1-3-11(6-10)16-9-17;1-4-7-9-10(8-5-2)11-6-3;1-3-4-2/h1-7,9H,8H2,(H2,14,15)(H,16,17);4-5,7-8H,2,6,9H2,1,3H3;3-4H,1-2H3/b;7-4-,10-8-;4-3-. The molecule has 1 heterocycles. The predicted octanol–water partition coefficient (Wildman–Crippen LogP) is 7.17. The summed E-state index contributed by atoms with van der Waals surface area (Å²) in [6.07, 6.45) is 16.7. The summed E-state index contributed by atoms with van der Waals surface area (Å²) in [5.74, 6) is 1.75. The summed E-state index contributed by atoms with van der Waals surface area (Å²) >= 11 is 1.62. The van der Waals surface area contributed by atoms with Crippen molar-refractivity contribution in [1.82, 2.24) is 4.98 Å².